The van der Waals surface area contributed by atoms with Gasteiger partial charge in [-0.05, 0) is 55.2 Å². The number of halogens is 1. The van der Waals surface area contributed by atoms with Crippen molar-refractivity contribution in [1.29, 1.82) is 0 Å². The van der Waals surface area contributed by atoms with Gasteiger partial charge in [0, 0.05) is 4.47 Å². The first kappa shape index (κ1) is 21.8. The fourth-order valence-electron chi connectivity index (χ4n) is 2.29. The zero-order valence-corrected chi connectivity index (χ0v) is 17.8. The third kappa shape index (κ3) is 7.23. The number of hydrazine groups is 1. The van der Waals surface area contributed by atoms with Crippen molar-refractivity contribution in [1.82, 2.24) is 10.9 Å². The van der Waals surface area contributed by atoms with E-state index in [2.05, 4.69) is 40.6 Å². The smallest absolute Gasteiger partial charge is 0.276 e. The highest BCUT2D eigenvalue weighted by atomic mass is 79.9. The number of hydrogen-bond acceptors (Lipinski definition) is 4. The second-order valence-electron chi connectivity index (χ2n) is 6.78. The van der Waals surface area contributed by atoms with E-state index in [0.717, 1.165) is 16.5 Å². The minimum Gasteiger partial charge on any atom is -0.493 e. The molecule has 0 atom stereocenters. The van der Waals surface area contributed by atoms with Crippen LogP contribution in [-0.4, -0.2) is 25.0 Å². The van der Waals surface area contributed by atoms with Gasteiger partial charge in [0.05, 0.1) is 12.2 Å². The molecule has 2 N–H and O–H groups in total. The monoisotopic (exact) mass is 448 g/mol. The van der Waals surface area contributed by atoms with Crippen molar-refractivity contribution >= 4 is 27.7 Å². The summed E-state index contributed by atoms with van der Waals surface area (Å²) in [5.74, 6) is 0.623. The highest BCUT2D eigenvalue weighted by Gasteiger charge is 2.15. The standard InChI is InChI=1S/C21H25BrN2O4/c1-14(2)9-10-27-19-8-7-16(22)12-18(19)21(26)24-23-20(25)13-28-17-6-4-5-15(3)11-17/h4-8,11-12,14H,9-10,13H2,1-3H3,(H,23,25)(H,24,26). The van der Waals surface area contributed by atoms with E-state index in [9.17, 15) is 9.59 Å². The van der Waals surface area contributed by atoms with Crippen LogP contribution in [0.15, 0.2) is 46.9 Å². The molecule has 0 radical (unpaired) electrons. The molecule has 0 spiro atoms. The van der Waals surface area contributed by atoms with Crippen LogP contribution < -0.4 is 20.3 Å². The number of benzene rings is 2. The number of amides is 2. The van der Waals surface area contributed by atoms with Gasteiger partial charge >= 0.3 is 0 Å². The average molecular weight is 449 g/mol. The maximum atomic E-state index is 12.5. The quantitative estimate of drug-likeness (QED) is 0.597. The van der Waals surface area contributed by atoms with Gasteiger partial charge in [-0.1, -0.05) is 41.9 Å². The van der Waals surface area contributed by atoms with E-state index in [1.54, 1.807) is 24.3 Å². The van der Waals surface area contributed by atoms with Gasteiger partial charge in [-0.2, -0.15) is 0 Å². The van der Waals surface area contributed by atoms with Crippen LogP contribution in [0.1, 0.15) is 36.2 Å². The molecule has 28 heavy (non-hydrogen) atoms. The van der Waals surface area contributed by atoms with E-state index in [1.165, 1.54) is 0 Å². The summed E-state index contributed by atoms with van der Waals surface area (Å²) in [6, 6.07) is 12.5. The molecule has 150 valence electrons. The minimum absolute atomic E-state index is 0.208. The Morgan fingerprint density at radius 1 is 1.07 bits per heavy atom. The lowest BCUT2D eigenvalue weighted by Crippen LogP contribution is -2.44. The van der Waals surface area contributed by atoms with E-state index >= 15 is 0 Å². The lowest BCUT2D eigenvalue weighted by Gasteiger charge is -2.14. The van der Waals surface area contributed by atoms with Gasteiger partial charge in [-0.15, -0.1) is 0 Å². The van der Waals surface area contributed by atoms with Crippen molar-refractivity contribution in [2.24, 2.45) is 5.92 Å². The average Bonchev–Trinajstić information content (AvgIpc) is 2.65. The lowest BCUT2D eigenvalue weighted by atomic mass is 10.1. The van der Waals surface area contributed by atoms with Crippen LogP contribution in [0, 0.1) is 12.8 Å². The van der Waals surface area contributed by atoms with Crippen molar-refractivity contribution < 1.29 is 19.1 Å². The Morgan fingerprint density at radius 2 is 1.86 bits per heavy atom. The molecule has 0 aliphatic heterocycles. The van der Waals surface area contributed by atoms with Crippen molar-refractivity contribution in [3.63, 3.8) is 0 Å². The fourth-order valence-corrected chi connectivity index (χ4v) is 2.66. The highest BCUT2D eigenvalue weighted by molar-refractivity contribution is 9.10. The summed E-state index contributed by atoms with van der Waals surface area (Å²) in [5, 5.41) is 0. The Hall–Kier alpha value is -2.54. The second kappa shape index (κ2) is 10.7. The molecule has 2 amide bonds. The van der Waals surface area contributed by atoms with Gasteiger partial charge in [-0.3, -0.25) is 20.4 Å². The molecule has 0 aromatic heterocycles. The first-order valence-electron chi connectivity index (χ1n) is 9.06. The Labute approximate surface area is 173 Å². The van der Waals surface area contributed by atoms with E-state index in [-0.39, 0.29) is 6.61 Å². The molecule has 0 saturated heterocycles. The van der Waals surface area contributed by atoms with E-state index < -0.39 is 11.8 Å². The van der Waals surface area contributed by atoms with Crippen LogP contribution in [0.25, 0.3) is 0 Å². The summed E-state index contributed by atoms with van der Waals surface area (Å²) in [5.41, 5.74) is 6.11. The number of carbonyl (C=O) groups excluding carboxylic acids is 2. The Morgan fingerprint density at radius 3 is 2.57 bits per heavy atom. The summed E-state index contributed by atoms with van der Waals surface area (Å²) in [7, 11) is 0. The largest absolute Gasteiger partial charge is 0.493 e. The van der Waals surface area contributed by atoms with Crippen LogP contribution >= 0.6 is 15.9 Å². The third-order valence-electron chi connectivity index (χ3n) is 3.81. The third-order valence-corrected chi connectivity index (χ3v) is 4.31. The van der Waals surface area contributed by atoms with Crippen molar-refractivity contribution in [2.75, 3.05) is 13.2 Å². The van der Waals surface area contributed by atoms with Crippen LogP contribution in [0.3, 0.4) is 0 Å². The van der Waals surface area contributed by atoms with Gasteiger partial charge in [0.25, 0.3) is 11.8 Å². The van der Waals surface area contributed by atoms with Gasteiger partial charge in [0.1, 0.15) is 11.5 Å². The zero-order valence-electron chi connectivity index (χ0n) is 16.3. The molecule has 0 unspecified atom stereocenters. The fraction of sp³-hybridized carbons (Fsp3) is 0.333. The molecular weight excluding hydrogens is 424 g/mol. The van der Waals surface area contributed by atoms with Gasteiger partial charge in [0.15, 0.2) is 6.61 Å². The maximum Gasteiger partial charge on any atom is 0.276 e. The molecule has 0 aliphatic carbocycles. The Balaban J connectivity index is 1.89. The van der Waals surface area contributed by atoms with Gasteiger partial charge in [-0.25, -0.2) is 0 Å². The molecule has 2 rings (SSSR count). The van der Waals surface area contributed by atoms with Crippen molar-refractivity contribution in [3.05, 3.63) is 58.1 Å². The van der Waals surface area contributed by atoms with Crippen LogP contribution in [0.4, 0.5) is 0 Å². The van der Waals surface area contributed by atoms with E-state index in [0.29, 0.717) is 29.6 Å². The number of nitrogens with one attached hydrogen (secondary N) is 2. The first-order valence-corrected chi connectivity index (χ1v) is 9.85. The zero-order chi connectivity index (χ0) is 20.5. The van der Waals surface area contributed by atoms with Crippen molar-refractivity contribution in [2.45, 2.75) is 27.2 Å². The second-order valence-corrected chi connectivity index (χ2v) is 7.69. The molecule has 2 aromatic rings. The SMILES string of the molecule is Cc1cccc(OCC(=O)NNC(=O)c2cc(Br)ccc2OCCC(C)C)c1. The Kier molecular flexibility index (Phi) is 8.32. The number of rotatable bonds is 8. The summed E-state index contributed by atoms with van der Waals surface area (Å²) < 4.78 is 11.9. The molecule has 0 heterocycles. The van der Waals surface area contributed by atoms with Gasteiger partial charge < -0.3 is 9.47 Å². The Bertz CT molecular complexity index is 824. The topological polar surface area (TPSA) is 76.7 Å². The van der Waals surface area contributed by atoms with Gasteiger partial charge in [0.2, 0.25) is 0 Å². The molecule has 2 aromatic carbocycles. The minimum atomic E-state index is -0.468. The number of hydrogen-bond donors (Lipinski definition) is 2. The van der Waals surface area contributed by atoms with Crippen LogP contribution in [0.2, 0.25) is 0 Å². The molecule has 0 saturated carbocycles. The predicted octanol–water partition coefficient (Wildman–Crippen LogP) is 4.02. The number of ether oxygens (including phenoxy) is 2. The lowest BCUT2D eigenvalue weighted by molar-refractivity contribution is -0.123. The maximum absolute atomic E-state index is 12.5. The molecule has 7 heteroatoms. The summed E-state index contributed by atoms with van der Waals surface area (Å²) >= 11 is 3.35. The first-order chi connectivity index (χ1) is 13.3. The van der Waals surface area contributed by atoms with Crippen LogP contribution in [-0.2, 0) is 4.79 Å². The summed E-state index contributed by atoms with van der Waals surface area (Å²) in [4.78, 5) is 24.4. The summed E-state index contributed by atoms with van der Waals surface area (Å²) in [6.45, 7) is 6.45. The van der Waals surface area contributed by atoms with Crippen LogP contribution in [0.5, 0.6) is 11.5 Å². The van der Waals surface area contributed by atoms with E-state index in [4.69, 9.17) is 9.47 Å². The number of carbonyl (C=O) groups is 2. The molecule has 0 bridgehead atoms. The molecule has 0 aliphatic rings. The van der Waals surface area contributed by atoms with E-state index in [1.807, 2.05) is 25.1 Å². The highest BCUT2D eigenvalue weighted by Crippen LogP contribution is 2.23. The predicted molar refractivity (Wildman–Crippen MR) is 111 cm³/mol. The molecule has 0 fully saturated rings. The molecule has 6 nitrogen and oxygen atoms in total. The van der Waals surface area contributed by atoms with Crippen molar-refractivity contribution in [3.8, 4) is 11.5 Å². The molecular formula is C21H25BrN2O4. The normalized spacial score (nSPS) is 10.5. The summed E-state index contributed by atoms with van der Waals surface area (Å²) in [6.07, 6.45) is 0.879. The number of aryl methyl sites for hydroxylation is 1.